The predicted octanol–water partition coefficient (Wildman–Crippen LogP) is -0.715. The van der Waals surface area contributed by atoms with Gasteiger partial charge in [0.2, 0.25) is 11.8 Å². The Balaban J connectivity index is 3.32. The second-order valence-electron chi connectivity index (χ2n) is 3.46. The largest absolute Gasteiger partial charge is 0.369 e. The molecule has 88 valence electrons. The molecule has 0 aromatic rings. The Labute approximate surface area is 89.3 Å². The van der Waals surface area contributed by atoms with Crippen LogP contribution in [0.25, 0.3) is 0 Å². The maximum Gasteiger partial charge on any atom is 0.248 e. The molecule has 0 aromatic heterocycles. The Bertz CT molecular complexity index is 209. The zero-order chi connectivity index (χ0) is 11.7. The molecule has 6 heteroatoms. The van der Waals surface area contributed by atoms with E-state index in [1.807, 2.05) is 0 Å². The molecule has 0 heterocycles. The van der Waals surface area contributed by atoms with E-state index in [0.717, 1.165) is 19.3 Å². The van der Waals surface area contributed by atoms with Crippen LogP contribution in [0.3, 0.4) is 0 Å². The fourth-order valence-electron chi connectivity index (χ4n) is 1.07. The molecule has 0 aliphatic carbocycles. The normalized spacial score (nSPS) is 12.1. The first-order chi connectivity index (χ1) is 7.07. The summed E-state index contributed by atoms with van der Waals surface area (Å²) in [5.41, 5.74) is 5.10. The molecule has 0 spiro atoms. The van der Waals surface area contributed by atoms with Crippen molar-refractivity contribution in [3.63, 3.8) is 0 Å². The van der Waals surface area contributed by atoms with Crippen LogP contribution in [-0.2, 0) is 14.4 Å². The summed E-state index contributed by atoms with van der Waals surface area (Å²) >= 11 is 0. The van der Waals surface area contributed by atoms with Crippen LogP contribution in [-0.4, -0.2) is 25.0 Å². The first-order valence-corrected chi connectivity index (χ1v) is 4.95. The highest BCUT2D eigenvalue weighted by atomic mass is 16.6. The summed E-state index contributed by atoms with van der Waals surface area (Å²) in [5.74, 6) is 4.10. The summed E-state index contributed by atoms with van der Waals surface area (Å²) in [5, 5.41) is 2.63. The Kier molecular flexibility index (Phi) is 7.57. The Morgan fingerprint density at radius 1 is 1.40 bits per heavy atom. The molecule has 1 unspecified atom stereocenters. The summed E-state index contributed by atoms with van der Waals surface area (Å²) < 4.78 is 0. The van der Waals surface area contributed by atoms with Crippen LogP contribution in [0.15, 0.2) is 0 Å². The van der Waals surface area contributed by atoms with Crippen LogP contribution in [0.1, 0.15) is 26.2 Å². The number of hydrogen-bond donors (Lipinski definition) is 3. The van der Waals surface area contributed by atoms with Crippen molar-refractivity contribution in [3.05, 3.63) is 0 Å². The van der Waals surface area contributed by atoms with E-state index >= 15 is 0 Å². The van der Waals surface area contributed by atoms with Crippen LogP contribution in [0, 0.1) is 5.92 Å². The fraction of sp³-hybridized carbons (Fsp3) is 0.778. The molecule has 5 N–H and O–H groups in total. The molecule has 0 aromatic carbocycles. The molecule has 0 aliphatic rings. The van der Waals surface area contributed by atoms with Crippen molar-refractivity contribution in [2.24, 2.45) is 17.5 Å². The summed E-state index contributed by atoms with van der Waals surface area (Å²) in [6, 6.07) is 0. The van der Waals surface area contributed by atoms with Crippen LogP contribution in [0.4, 0.5) is 0 Å². The smallest absolute Gasteiger partial charge is 0.248 e. The zero-order valence-electron chi connectivity index (χ0n) is 8.99. The van der Waals surface area contributed by atoms with Crippen molar-refractivity contribution in [3.8, 4) is 0 Å². The lowest BCUT2D eigenvalue weighted by Crippen LogP contribution is -2.29. The number of amides is 2. The van der Waals surface area contributed by atoms with Gasteiger partial charge in [-0.1, -0.05) is 13.3 Å². The highest BCUT2D eigenvalue weighted by Crippen LogP contribution is 2.05. The molecule has 1 atom stereocenters. The van der Waals surface area contributed by atoms with Crippen LogP contribution < -0.4 is 16.9 Å². The maximum atomic E-state index is 10.9. The lowest BCUT2D eigenvalue weighted by molar-refractivity contribution is -0.126. The molecule has 0 saturated heterocycles. The average Bonchev–Trinajstić information content (AvgIpc) is 2.17. The molecule has 0 aliphatic heterocycles. The third-order valence-corrected chi connectivity index (χ3v) is 2.09. The molecular weight excluding hydrogens is 198 g/mol. The number of nitrogens with two attached hydrogens (primary N) is 2. The molecule has 15 heavy (non-hydrogen) atoms. The molecule has 0 rings (SSSR count). The van der Waals surface area contributed by atoms with E-state index in [1.54, 1.807) is 6.92 Å². The first-order valence-electron chi connectivity index (χ1n) is 4.95. The van der Waals surface area contributed by atoms with Gasteiger partial charge in [0.15, 0.2) is 0 Å². The Hall–Kier alpha value is -1.14. The topological polar surface area (TPSA) is 107 Å². The number of rotatable bonds is 8. The Morgan fingerprint density at radius 3 is 2.60 bits per heavy atom. The van der Waals surface area contributed by atoms with Gasteiger partial charge in [0.1, 0.15) is 6.61 Å². The van der Waals surface area contributed by atoms with Gasteiger partial charge in [-0.05, 0) is 12.8 Å². The maximum absolute atomic E-state index is 10.9. The lowest BCUT2D eigenvalue weighted by Gasteiger charge is -2.07. The minimum absolute atomic E-state index is 0.104. The van der Waals surface area contributed by atoms with Crippen LogP contribution in [0.5, 0.6) is 0 Å². The van der Waals surface area contributed by atoms with Crippen molar-refractivity contribution in [1.82, 2.24) is 5.32 Å². The number of nitrogens with one attached hydrogen (secondary N) is 1. The van der Waals surface area contributed by atoms with E-state index in [9.17, 15) is 9.59 Å². The number of primary amides is 1. The van der Waals surface area contributed by atoms with Crippen LogP contribution in [0.2, 0.25) is 0 Å². The second-order valence-corrected chi connectivity index (χ2v) is 3.46. The average molecular weight is 217 g/mol. The van der Waals surface area contributed by atoms with Gasteiger partial charge in [-0.15, -0.1) is 0 Å². The molecule has 0 radical (unpaired) electrons. The van der Waals surface area contributed by atoms with Gasteiger partial charge in [-0.25, -0.2) is 5.90 Å². The molecule has 0 fully saturated rings. The van der Waals surface area contributed by atoms with Crippen molar-refractivity contribution < 1.29 is 14.4 Å². The van der Waals surface area contributed by atoms with Crippen molar-refractivity contribution in [2.45, 2.75) is 26.2 Å². The van der Waals surface area contributed by atoms with E-state index in [4.69, 9.17) is 11.6 Å². The predicted molar refractivity (Wildman–Crippen MR) is 55.4 cm³/mol. The SMILES string of the molecule is CC(CCCCNC(=O)CON)C(N)=O. The van der Waals surface area contributed by atoms with Gasteiger partial charge < -0.3 is 11.1 Å². The molecular formula is C9H19N3O3. The highest BCUT2D eigenvalue weighted by molar-refractivity contribution is 5.77. The summed E-state index contributed by atoms with van der Waals surface area (Å²) in [7, 11) is 0. The summed E-state index contributed by atoms with van der Waals surface area (Å²) in [6.45, 7) is 2.23. The number of carbonyl (C=O) groups is 2. The van der Waals surface area contributed by atoms with E-state index in [-0.39, 0.29) is 24.3 Å². The van der Waals surface area contributed by atoms with Crippen molar-refractivity contribution in [2.75, 3.05) is 13.2 Å². The number of hydrogen-bond acceptors (Lipinski definition) is 4. The van der Waals surface area contributed by atoms with E-state index < -0.39 is 0 Å². The van der Waals surface area contributed by atoms with E-state index in [0.29, 0.717) is 6.54 Å². The Morgan fingerprint density at radius 2 is 2.07 bits per heavy atom. The molecule has 0 bridgehead atoms. The third kappa shape index (κ3) is 7.90. The monoisotopic (exact) mass is 217 g/mol. The number of unbranched alkanes of at least 4 members (excludes halogenated alkanes) is 1. The van der Waals surface area contributed by atoms with E-state index in [1.165, 1.54) is 0 Å². The van der Waals surface area contributed by atoms with Gasteiger partial charge >= 0.3 is 0 Å². The second kappa shape index (κ2) is 8.19. The van der Waals surface area contributed by atoms with Gasteiger partial charge in [-0.2, -0.15) is 0 Å². The highest BCUT2D eigenvalue weighted by Gasteiger charge is 2.07. The van der Waals surface area contributed by atoms with Gasteiger partial charge in [0.05, 0.1) is 0 Å². The minimum Gasteiger partial charge on any atom is -0.369 e. The molecule has 2 amide bonds. The van der Waals surface area contributed by atoms with Crippen LogP contribution >= 0.6 is 0 Å². The lowest BCUT2D eigenvalue weighted by atomic mass is 10.0. The van der Waals surface area contributed by atoms with E-state index in [2.05, 4.69) is 10.2 Å². The molecule has 0 saturated carbocycles. The van der Waals surface area contributed by atoms with Gasteiger partial charge in [0.25, 0.3) is 0 Å². The van der Waals surface area contributed by atoms with Crippen molar-refractivity contribution in [1.29, 1.82) is 0 Å². The number of carbonyl (C=O) groups excluding carboxylic acids is 2. The third-order valence-electron chi connectivity index (χ3n) is 2.09. The summed E-state index contributed by atoms with van der Waals surface area (Å²) in [6.07, 6.45) is 2.42. The first kappa shape index (κ1) is 13.9. The quantitative estimate of drug-likeness (QED) is 0.368. The van der Waals surface area contributed by atoms with Gasteiger partial charge in [-0.3, -0.25) is 14.4 Å². The zero-order valence-corrected chi connectivity index (χ0v) is 8.99. The molecule has 6 nitrogen and oxygen atoms in total. The fourth-order valence-corrected chi connectivity index (χ4v) is 1.07. The standard InChI is InChI=1S/C9H19N3O3/c1-7(9(10)14)4-2-3-5-12-8(13)6-15-11/h7H,2-6,11H2,1H3,(H2,10,14)(H,12,13). The van der Waals surface area contributed by atoms with Crippen molar-refractivity contribution >= 4 is 11.8 Å². The van der Waals surface area contributed by atoms with Gasteiger partial charge in [0, 0.05) is 12.5 Å². The summed E-state index contributed by atoms with van der Waals surface area (Å²) in [4.78, 5) is 25.7. The minimum atomic E-state index is -0.282.